The lowest BCUT2D eigenvalue weighted by Gasteiger charge is -2.33. The van der Waals surface area contributed by atoms with E-state index in [9.17, 15) is 13.2 Å². The molecule has 0 aliphatic carbocycles. The first kappa shape index (κ1) is 23.9. The first-order chi connectivity index (χ1) is 16.9. The molecule has 2 aromatic carbocycles. The summed E-state index contributed by atoms with van der Waals surface area (Å²) in [7, 11) is -3.68. The third-order valence-corrected chi connectivity index (χ3v) is 9.26. The summed E-state index contributed by atoms with van der Waals surface area (Å²) in [5.74, 6) is -0.640. The smallest absolute Gasteiger partial charge is 0.243 e. The van der Waals surface area contributed by atoms with Crippen molar-refractivity contribution in [3.63, 3.8) is 0 Å². The standard InChI is InChI=1S/C25H23ClN4O3S2/c26-21-11-4-12-22-23(21)28-25(34-22)30(16-18-7-5-13-27-15-18)24(31)19-8-6-14-29(17-19)35(32,33)20-9-2-1-3-10-20/h1-5,7,9-13,15,19H,6,8,14,16-17H2. The maximum Gasteiger partial charge on any atom is 0.243 e. The van der Waals surface area contributed by atoms with E-state index in [0.29, 0.717) is 35.1 Å². The quantitative estimate of drug-likeness (QED) is 0.354. The van der Waals surface area contributed by atoms with E-state index in [2.05, 4.69) is 9.97 Å². The second-order valence-corrected chi connectivity index (χ2v) is 11.7. The average Bonchev–Trinajstić information content (AvgIpc) is 3.33. The normalized spacial score (nSPS) is 16.9. The number of hydrogen-bond acceptors (Lipinski definition) is 6. The van der Waals surface area contributed by atoms with Gasteiger partial charge in [-0.3, -0.25) is 14.7 Å². The summed E-state index contributed by atoms with van der Waals surface area (Å²) in [4.78, 5) is 24.6. The molecule has 2 aromatic heterocycles. The fourth-order valence-electron chi connectivity index (χ4n) is 4.26. The van der Waals surface area contributed by atoms with Gasteiger partial charge in [0.05, 0.1) is 27.1 Å². The second kappa shape index (κ2) is 10.0. The molecule has 35 heavy (non-hydrogen) atoms. The number of anilines is 1. The summed E-state index contributed by atoms with van der Waals surface area (Å²) in [5.41, 5.74) is 1.51. The van der Waals surface area contributed by atoms with Gasteiger partial charge in [0.2, 0.25) is 15.9 Å². The van der Waals surface area contributed by atoms with Gasteiger partial charge in [-0.1, -0.05) is 53.3 Å². The van der Waals surface area contributed by atoms with E-state index >= 15 is 0 Å². The highest BCUT2D eigenvalue weighted by atomic mass is 35.5. The van der Waals surface area contributed by atoms with Gasteiger partial charge in [0.25, 0.3) is 0 Å². The summed E-state index contributed by atoms with van der Waals surface area (Å²) in [6, 6.07) is 17.6. The molecular weight excluding hydrogens is 504 g/mol. The maximum atomic E-state index is 13.9. The largest absolute Gasteiger partial charge is 0.283 e. The number of sulfonamides is 1. The van der Waals surface area contributed by atoms with Crippen LogP contribution >= 0.6 is 22.9 Å². The molecule has 0 bridgehead atoms. The molecular formula is C25H23ClN4O3S2. The van der Waals surface area contributed by atoms with Gasteiger partial charge in [-0.15, -0.1) is 0 Å². The summed E-state index contributed by atoms with van der Waals surface area (Å²) < 4.78 is 28.7. The Bertz CT molecular complexity index is 1450. The molecule has 0 spiro atoms. The van der Waals surface area contributed by atoms with Gasteiger partial charge < -0.3 is 0 Å². The van der Waals surface area contributed by atoms with E-state index in [4.69, 9.17) is 11.6 Å². The SMILES string of the molecule is O=C(C1CCCN(S(=O)(=O)c2ccccc2)C1)N(Cc1cccnc1)c1nc2c(Cl)cccc2s1. The van der Waals surface area contributed by atoms with Gasteiger partial charge in [-0.05, 0) is 48.7 Å². The fourth-order valence-corrected chi connectivity index (χ4v) is 7.07. The van der Waals surface area contributed by atoms with Crippen LogP contribution in [0.3, 0.4) is 0 Å². The van der Waals surface area contributed by atoms with Gasteiger partial charge >= 0.3 is 0 Å². The summed E-state index contributed by atoms with van der Waals surface area (Å²) in [5, 5.41) is 1.06. The molecule has 0 saturated carbocycles. The monoisotopic (exact) mass is 526 g/mol. The Labute approximate surface area is 213 Å². The molecule has 0 N–H and O–H groups in total. The van der Waals surface area contributed by atoms with E-state index in [0.717, 1.165) is 10.3 Å². The van der Waals surface area contributed by atoms with Crippen molar-refractivity contribution in [2.45, 2.75) is 24.3 Å². The van der Waals surface area contributed by atoms with Crippen LogP contribution in [0.4, 0.5) is 5.13 Å². The Morgan fingerprint density at radius 1 is 1.11 bits per heavy atom. The van der Waals surface area contributed by atoms with E-state index in [1.54, 1.807) is 53.7 Å². The van der Waals surface area contributed by atoms with Crippen LogP contribution in [0.2, 0.25) is 5.02 Å². The van der Waals surface area contributed by atoms with Crippen molar-refractivity contribution < 1.29 is 13.2 Å². The zero-order chi connectivity index (χ0) is 24.4. The van der Waals surface area contributed by atoms with E-state index in [1.165, 1.54) is 15.6 Å². The van der Waals surface area contributed by atoms with Crippen molar-refractivity contribution in [1.29, 1.82) is 0 Å². The lowest BCUT2D eigenvalue weighted by molar-refractivity contribution is -0.123. The van der Waals surface area contributed by atoms with Crippen molar-refractivity contribution in [1.82, 2.24) is 14.3 Å². The van der Waals surface area contributed by atoms with Crippen molar-refractivity contribution in [3.8, 4) is 0 Å². The molecule has 1 atom stereocenters. The highest BCUT2D eigenvalue weighted by molar-refractivity contribution is 7.89. The maximum absolute atomic E-state index is 13.9. The molecule has 180 valence electrons. The molecule has 1 unspecified atom stereocenters. The summed E-state index contributed by atoms with van der Waals surface area (Å²) >= 11 is 7.74. The molecule has 1 aliphatic heterocycles. The van der Waals surface area contributed by atoms with Gasteiger partial charge in [0.1, 0.15) is 5.52 Å². The van der Waals surface area contributed by atoms with E-state index in [-0.39, 0.29) is 23.9 Å². The molecule has 10 heteroatoms. The number of amides is 1. The number of piperidine rings is 1. The Balaban J connectivity index is 1.46. The van der Waals surface area contributed by atoms with Crippen LogP contribution < -0.4 is 4.90 Å². The zero-order valence-electron chi connectivity index (χ0n) is 18.7. The van der Waals surface area contributed by atoms with Gasteiger partial charge in [0.15, 0.2) is 5.13 Å². The third kappa shape index (κ3) is 4.95. The number of rotatable bonds is 6. The Morgan fingerprint density at radius 3 is 2.69 bits per heavy atom. The van der Waals surface area contributed by atoms with Crippen molar-refractivity contribution in [2.75, 3.05) is 18.0 Å². The van der Waals surface area contributed by atoms with Gasteiger partial charge in [0, 0.05) is 25.5 Å². The number of nitrogens with zero attached hydrogens (tertiary/aromatic N) is 4. The number of carbonyl (C=O) groups is 1. The van der Waals surface area contributed by atoms with Crippen LogP contribution in [-0.2, 0) is 21.4 Å². The van der Waals surface area contributed by atoms with Gasteiger partial charge in [-0.2, -0.15) is 4.31 Å². The summed E-state index contributed by atoms with van der Waals surface area (Å²) in [6.07, 6.45) is 4.61. The molecule has 7 nitrogen and oxygen atoms in total. The van der Waals surface area contributed by atoms with Crippen molar-refractivity contribution in [3.05, 3.63) is 83.6 Å². The zero-order valence-corrected chi connectivity index (χ0v) is 21.1. The highest BCUT2D eigenvalue weighted by Crippen LogP contribution is 2.35. The average molecular weight is 527 g/mol. The topological polar surface area (TPSA) is 83.5 Å². The molecule has 5 rings (SSSR count). The second-order valence-electron chi connectivity index (χ2n) is 8.38. The van der Waals surface area contributed by atoms with Crippen LogP contribution in [0.15, 0.2) is 78.0 Å². The third-order valence-electron chi connectivity index (χ3n) is 6.03. The summed E-state index contributed by atoms with van der Waals surface area (Å²) in [6.45, 7) is 0.803. The lowest BCUT2D eigenvalue weighted by atomic mass is 9.98. The molecule has 4 aromatic rings. The first-order valence-electron chi connectivity index (χ1n) is 11.2. The number of hydrogen-bond donors (Lipinski definition) is 0. The number of benzene rings is 2. The lowest BCUT2D eigenvalue weighted by Crippen LogP contribution is -2.46. The van der Waals surface area contributed by atoms with Crippen molar-refractivity contribution in [2.24, 2.45) is 5.92 Å². The Morgan fingerprint density at radius 2 is 1.94 bits per heavy atom. The number of thiazole rings is 1. The van der Waals surface area contributed by atoms with Crippen molar-refractivity contribution >= 4 is 54.2 Å². The Hall–Kier alpha value is -2.85. The minimum absolute atomic E-state index is 0.130. The number of para-hydroxylation sites is 1. The highest BCUT2D eigenvalue weighted by Gasteiger charge is 2.36. The number of carbonyl (C=O) groups excluding carboxylic acids is 1. The molecule has 1 aliphatic rings. The molecule has 1 saturated heterocycles. The fraction of sp³-hybridized carbons (Fsp3) is 0.240. The first-order valence-corrected chi connectivity index (χ1v) is 13.9. The molecule has 0 radical (unpaired) electrons. The predicted octanol–water partition coefficient (Wildman–Crippen LogP) is 4.98. The predicted molar refractivity (Wildman–Crippen MR) is 138 cm³/mol. The van der Waals surface area contributed by atoms with E-state index in [1.807, 2.05) is 24.3 Å². The number of pyridine rings is 1. The van der Waals surface area contributed by atoms with Gasteiger partial charge in [-0.25, -0.2) is 13.4 Å². The number of halogens is 1. The number of fused-ring (bicyclic) bond motifs is 1. The Kier molecular flexibility index (Phi) is 6.84. The minimum Gasteiger partial charge on any atom is -0.283 e. The van der Waals surface area contributed by atoms with Crippen LogP contribution in [0.1, 0.15) is 18.4 Å². The molecule has 1 amide bonds. The minimum atomic E-state index is -3.68. The molecule has 3 heterocycles. The van der Waals surface area contributed by atoms with Crippen LogP contribution in [0.25, 0.3) is 10.2 Å². The van der Waals surface area contributed by atoms with Crippen LogP contribution in [0, 0.1) is 5.92 Å². The number of aromatic nitrogens is 2. The van der Waals surface area contributed by atoms with Crippen LogP contribution in [0.5, 0.6) is 0 Å². The van der Waals surface area contributed by atoms with Crippen LogP contribution in [-0.4, -0.2) is 41.7 Å². The molecule has 1 fully saturated rings. The van der Waals surface area contributed by atoms with E-state index < -0.39 is 15.9 Å².